The third-order valence-corrected chi connectivity index (χ3v) is 8.22. The average molecular weight is 546 g/mol. The van der Waals surface area contributed by atoms with E-state index < -0.39 is 39.5 Å². The van der Waals surface area contributed by atoms with E-state index in [1.54, 1.807) is 36.4 Å². The van der Waals surface area contributed by atoms with Gasteiger partial charge in [-0.3, -0.25) is 9.52 Å². The zero-order valence-corrected chi connectivity index (χ0v) is 20.7. The van der Waals surface area contributed by atoms with Crippen molar-refractivity contribution in [1.29, 1.82) is 0 Å². The van der Waals surface area contributed by atoms with Gasteiger partial charge in [-0.25, -0.2) is 12.8 Å². The number of anilines is 1. The highest BCUT2D eigenvalue weighted by molar-refractivity contribution is 7.93. The molecule has 1 amide bonds. The summed E-state index contributed by atoms with van der Waals surface area (Å²) in [5, 5.41) is 2.69. The normalized spacial score (nSPS) is 14.0. The average Bonchev–Trinajstić information content (AvgIpc) is 3.65. The maximum atomic E-state index is 13.7. The van der Waals surface area contributed by atoms with Gasteiger partial charge in [0.15, 0.2) is 0 Å². The molecule has 1 fully saturated rings. The molecule has 0 bridgehead atoms. The van der Waals surface area contributed by atoms with Crippen LogP contribution in [0.5, 0.6) is 0 Å². The van der Waals surface area contributed by atoms with E-state index in [-0.39, 0.29) is 22.6 Å². The number of halogens is 4. The van der Waals surface area contributed by atoms with Crippen LogP contribution < -0.4 is 10.0 Å². The minimum absolute atomic E-state index is 0.174. The van der Waals surface area contributed by atoms with Gasteiger partial charge in [0.1, 0.15) is 5.82 Å². The Kier molecular flexibility index (Phi) is 6.64. The maximum absolute atomic E-state index is 13.7. The molecule has 6 nitrogen and oxygen atoms in total. The molecule has 11 heteroatoms. The largest absolute Gasteiger partial charge is 0.416 e. The number of sulfonamides is 1. The van der Waals surface area contributed by atoms with E-state index in [1.807, 2.05) is 10.8 Å². The van der Waals surface area contributed by atoms with Crippen molar-refractivity contribution < 1.29 is 30.8 Å². The number of hydrogen-bond acceptors (Lipinski definition) is 3. The summed E-state index contributed by atoms with van der Waals surface area (Å²) in [6.45, 7) is 0.0295. The molecule has 5 rings (SSSR count). The van der Waals surface area contributed by atoms with Crippen molar-refractivity contribution in [2.75, 3.05) is 4.72 Å². The first-order valence-electron chi connectivity index (χ1n) is 11.8. The molecule has 0 unspecified atom stereocenters. The Bertz CT molecular complexity index is 1630. The van der Waals surface area contributed by atoms with Gasteiger partial charge < -0.3 is 9.88 Å². The monoisotopic (exact) mass is 545 g/mol. The molecule has 1 aliphatic carbocycles. The summed E-state index contributed by atoms with van der Waals surface area (Å²) in [5.41, 5.74) is 0.461. The van der Waals surface area contributed by atoms with Crippen molar-refractivity contribution in [3.8, 4) is 0 Å². The van der Waals surface area contributed by atoms with E-state index in [0.29, 0.717) is 19.4 Å². The van der Waals surface area contributed by atoms with Crippen LogP contribution in [0.15, 0.2) is 72.9 Å². The molecule has 2 N–H and O–H groups in total. The van der Waals surface area contributed by atoms with Crippen LogP contribution in [0.2, 0.25) is 0 Å². The fourth-order valence-corrected chi connectivity index (χ4v) is 5.65. The lowest BCUT2D eigenvalue weighted by Gasteiger charge is -2.16. The number of carbonyl (C=O) groups is 1. The van der Waals surface area contributed by atoms with Gasteiger partial charge in [0.25, 0.3) is 5.91 Å². The fraction of sp³-hybridized carbons (Fsp3) is 0.222. The van der Waals surface area contributed by atoms with Crippen molar-refractivity contribution in [1.82, 2.24) is 9.88 Å². The SMILES string of the molecule is O=C(NCc1ccc(NS(=O)(=O)C2CC2)cc1C(F)(F)F)c1ccc2c(ccn2Cc2cccc(F)c2)c1. The van der Waals surface area contributed by atoms with Crippen LogP contribution in [0, 0.1) is 5.82 Å². The van der Waals surface area contributed by atoms with Gasteiger partial charge in [-0.15, -0.1) is 0 Å². The van der Waals surface area contributed by atoms with Gasteiger partial charge in [-0.05, 0) is 72.5 Å². The zero-order chi connectivity index (χ0) is 27.1. The number of nitrogens with zero attached hydrogens (tertiary/aromatic N) is 1. The predicted octanol–water partition coefficient (Wildman–Crippen LogP) is 5.68. The standard InChI is InChI=1S/C27H23F4N3O3S/c28-21-3-1-2-17(12-21)16-34-11-10-18-13-19(5-9-25(18)34)26(35)32-15-20-4-6-22(14-24(20)27(29,30)31)33-38(36,37)23-7-8-23/h1-6,9-14,23,33H,7-8,15-16H2,(H,32,35). The number of nitrogens with one attached hydrogen (secondary N) is 2. The number of hydrogen-bond donors (Lipinski definition) is 2. The first-order valence-corrected chi connectivity index (χ1v) is 13.4. The Morgan fingerprint density at radius 2 is 1.79 bits per heavy atom. The lowest BCUT2D eigenvalue weighted by Crippen LogP contribution is -2.25. The summed E-state index contributed by atoms with van der Waals surface area (Å²) in [5.74, 6) is -0.891. The van der Waals surface area contributed by atoms with Crippen LogP contribution >= 0.6 is 0 Å². The first-order chi connectivity index (χ1) is 18.0. The van der Waals surface area contributed by atoms with E-state index in [4.69, 9.17) is 0 Å². The van der Waals surface area contributed by atoms with Gasteiger partial charge in [0, 0.05) is 41.4 Å². The quantitative estimate of drug-likeness (QED) is 0.280. The summed E-state index contributed by atoms with van der Waals surface area (Å²) < 4.78 is 83.0. The van der Waals surface area contributed by atoms with Crippen LogP contribution in [0.1, 0.15) is 39.9 Å². The number of alkyl halides is 3. The third-order valence-electron chi connectivity index (χ3n) is 6.35. The molecule has 0 radical (unpaired) electrons. The number of fused-ring (bicyclic) bond motifs is 1. The molecule has 4 aromatic rings. The van der Waals surface area contributed by atoms with E-state index in [1.165, 1.54) is 18.2 Å². The van der Waals surface area contributed by atoms with Gasteiger partial charge in [-0.2, -0.15) is 13.2 Å². The van der Waals surface area contributed by atoms with Crippen LogP contribution in [0.3, 0.4) is 0 Å². The first kappa shape index (κ1) is 25.8. The van der Waals surface area contributed by atoms with E-state index in [2.05, 4.69) is 10.0 Å². The molecule has 1 aliphatic rings. The minimum atomic E-state index is -4.75. The highest BCUT2D eigenvalue weighted by Crippen LogP contribution is 2.35. The van der Waals surface area contributed by atoms with Gasteiger partial charge in [-0.1, -0.05) is 18.2 Å². The van der Waals surface area contributed by atoms with Crippen molar-refractivity contribution in [2.24, 2.45) is 0 Å². The minimum Gasteiger partial charge on any atom is -0.348 e. The molecule has 3 aromatic carbocycles. The van der Waals surface area contributed by atoms with Crippen molar-refractivity contribution in [3.05, 3.63) is 101 Å². The van der Waals surface area contributed by atoms with Crippen LogP contribution in [-0.4, -0.2) is 24.1 Å². The Morgan fingerprint density at radius 3 is 2.50 bits per heavy atom. The second-order valence-corrected chi connectivity index (χ2v) is 11.2. The molecule has 1 aromatic heterocycles. The second kappa shape index (κ2) is 9.79. The Hall–Kier alpha value is -3.86. The fourth-order valence-electron chi connectivity index (χ4n) is 4.27. The van der Waals surface area contributed by atoms with E-state index in [9.17, 15) is 30.8 Å². The summed E-state index contributed by atoms with van der Waals surface area (Å²) in [6.07, 6.45) is -1.97. The summed E-state index contributed by atoms with van der Waals surface area (Å²) >= 11 is 0. The van der Waals surface area contributed by atoms with Crippen molar-refractivity contribution in [3.63, 3.8) is 0 Å². The Balaban J connectivity index is 1.30. The maximum Gasteiger partial charge on any atom is 0.416 e. The number of benzene rings is 3. The van der Waals surface area contributed by atoms with Crippen LogP contribution in [0.4, 0.5) is 23.2 Å². The topological polar surface area (TPSA) is 80.2 Å². The number of amides is 1. The highest BCUT2D eigenvalue weighted by atomic mass is 32.2. The smallest absolute Gasteiger partial charge is 0.348 e. The molecular formula is C27H23F4N3O3S. The third kappa shape index (κ3) is 5.67. The molecule has 0 aliphatic heterocycles. The number of aromatic nitrogens is 1. The summed E-state index contributed by atoms with van der Waals surface area (Å²) in [4.78, 5) is 12.8. The Morgan fingerprint density at radius 1 is 1.00 bits per heavy atom. The van der Waals surface area contributed by atoms with E-state index >= 15 is 0 Å². The van der Waals surface area contributed by atoms with E-state index in [0.717, 1.165) is 28.6 Å². The van der Waals surface area contributed by atoms with Gasteiger partial charge in [0.05, 0.1) is 10.8 Å². The predicted molar refractivity (Wildman–Crippen MR) is 136 cm³/mol. The number of carbonyl (C=O) groups excluding carboxylic acids is 1. The lowest BCUT2D eigenvalue weighted by atomic mass is 10.1. The molecule has 0 atom stereocenters. The number of rotatable bonds is 8. The molecule has 1 heterocycles. The van der Waals surface area contributed by atoms with Gasteiger partial charge in [0.2, 0.25) is 10.0 Å². The molecule has 0 saturated heterocycles. The second-order valence-electron chi connectivity index (χ2n) is 9.25. The van der Waals surface area contributed by atoms with Crippen molar-refractivity contribution in [2.45, 2.75) is 37.4 Å². The molecule has 1 saturated carbocycles. The molecule has 198 valence electrons. The zero-order valence-electron chi connectivity index (χ0n) is 19.9. The Labute approximate surface area is 216 Å². The lowest BCUT2D eigenvalue weighted by molar-refractivity contribution is -0.138. The van der Waals surface area contributed by atoms with Crippen LogP contribution in [-0.2, 0) is 29.3 Å². The van der Waals surface area contributed by atoms with Gasteiger partial charge >= 0.3 is 6.18 Å². The van der Waals surface area contributed by atoms with Crippen molar-refractivity contribution >= 4 is 32.5 Å². The summed E-state index contributed by atoms with van der Waals surface area (Å²) in [6, 6.07) is 16.1. The summed E-state index contributed by atoms with van der Waals surface area (Å²) in [7, 11) is -3.72. The highest BCUT2D eigenvalue weighted by Gasteiger charge is 2.37. The molecule has 0 spiro atoms. The molecule has 38 heavy (non-hydrogen) atoms. The van der Waals surface area contributed by atoms with Crippen LogP contribution in [0.25, 0.3) is 10.9 Å². The molecular weight excluding hydrogens is 522 g/mol.